The summed E-state index contributed by atoms with van der Waals surface area (Å²) in [5, 5.41) is 56.6. The molecule has 0 saturated heterocycles. The maximum absolute atomic E-state index is 10.3. The van der Waals surface area contributed by atoms with E-state index in [9.17, 15) is 25.2 Å². The Bertz CT molecular complexity index is 485. The van der Waals surface area contributed by atoms with Gasteiger partial charge >= 0.3 is 0 Å². The van der Waals surface area contributed by atoms with Crippen molar-refractivity contribution in [3.63, 3.8) is 0 Å². The molecule has 22 heavy (non-hydrogen) atoms. The van der Waals surface area contributed by atoms with Crippen LogP contribution in [0.2, 0.25) is 0 Å². The Labute approximate surface area is 127 Å². The van der Waals surface area contributed by atoms with E-state index in [-0.39, 0.29) is 18.5 Å². The average Bonchev–Trinajstić information content (AvgIpc) is 2.53. The van der Waals surface area contributed by atoms with Gasteiger partial charge in [0.1, 0.15) is 30.2 Å². The average molecular weight is 312 g/mol. The highest BCUT2D eigenvalue weighted by molar-refractivity contribution is 5.56. The van der Waals surface area contributed by atoms with Crippen LogP contribution >= 0.6 is 0 Å². The number of phenolic OH excluding ortho intramolecular Hbond substituents is 1. The number of rotatable bonds is 8. The minimum atomic E-state index is -1.89. The van der Waals surface area contributed by atoms with Crippen molar-refractivity contribution in [1.29, 1.82) is 0 Å². The van der Waals surface area contributed by atoms with Crippen molar-refractivity contribution in [2.75, 3.05) is 0 Å². The smallest absolute Gasteiger partial charge is 0.151 e. The van der Waals surface area contributed by atoms with Crippen LogP contribution in [-0.2, 0) is 4.79 Å². The number of carbonyl (C=O) groups is 1. The van der Waals surface area contributed by atoms with Gasteiger partial charge in [0.2, 0.25) is 0 Å². The first-order chi connectivity index (χ1) is 10.4. The standard InChI is InChI=1S/C15H20O7/c16-8-12(19)14(21)15(22)13(20)11(18)3-1-2-9-4-6-10(17)7-5-9/h1-2,4-8,11-15,17-22H,3H2/b2-1+/t11?,12-,13+,14+,15+/m0/s1. The van der Waals surface area contributed by atoms with Crippen LogP contribution in [0.25, 0.3) is 6.08 Å². The summed E-state index contributed by atoms with van der Waals surface area (Å²) in [5.41, 5.74) is 0.761. The highest BCUT2D eigenvalue weighted by Crippen LogP contribution is 2.13. The zero-order valence-electron chi connectivity index (χ0n) is 11.7. The Morgan fingerprint density at radius 2 is 1.50 bits per heavy atom. The van der Waals surface area contributed by atoms with Crippen molar-refractivity contribution in [2.24, 2.45) is 0 Å². The summed E-state index contributed by atoms with van der Waals surface area (Å²) in [6, 6.07) is 6.28. The molecule has 1 aromatic rings. The second-order valence-electron chi connectivity index (χ2n) is 4.90. The summed E-state index contributed by atoms with van der Waals surface area (Å²) < 4.78 is 0. The molecule has 0 aliphatic rings. The molecule has 0 aromatic heterocycles. The van der Waals surface area contributed by atoms with Gasteiger partial charge in [-0.25, -0.2) is 0 Å². The summed E-state index contributed by atoms with van der Waals surface area (Å²) in [5.74, 6) is 0.124. The molecule has 0 fully saturated rings. The van der Waals surface area contributed by atoms with Crippen LogP contribution in [0, 0.1) is 0 Å². The number of benzene rings is 1. The molecule has 1 unspecified atom stereocenters. The summed E-state index contributed by atoms with van der Waals surface area (Å²) in [7, 11) is 0. The van der Waals surface area contributed by atoms with E-state index in [1.54, 1.807) is 18.2 Å². The number of aldehydes is 1. The molecule has 1 aromatic carbocycles. The maximum Gasteiger partial charge on any atom is 0.151 e. The number of hydrogen-bond donors (Lipinski definition) is 6. The van der Waals surface area contributed by atoms with Crippen molar-refractivity contribution in [3.8, 4) is 5.75 Å². The maximum atomic E-state index is 10.3. The van der Waals surface area contributed by atoms with Crippen LogP contribution in [-0.4, -0.2) is 67.4 Å². The molecule has 0 aliphatic carbocycles. The number of carbonyl (C=O) groups excluding carboxylic acids is 1. The van der Waals surface area contributed by atoms with Crippen LogP contribution in [0.3, 0.4) is 0 Å². The van der Waals surface area contributed by atoms with E-state index in [4.69, 9.17) is 10.2 Å². The zero-order chi connectivity index (χ0) is 16.7. The monoisotopic (exact) mass is 312 g/mol. The number of phenols is 1. The van der Waals surface area contributed by atoms with Gasteiger partial charge in [0, 0.05) is 0 Å². The van der Waals surface area contributed by atoms with E-state index in [1.165, 1.54) is 18.2 Å². The van der Waals surface area contributed by atoms with Gasteiger partial charge in [-0.15, -0.1) is 0 Å². The Morgan fingerprint density at radius 3 is 2.05 bits per heavy atom. The van der Waals surface area contributed by atoms with Crippen molar-refractivity contribution in [2.45, 2.75) is 36.9 Å². The summed E-state index contributed by atoms with van der Waals surface area (Å²) in [6.45, 7) is 0. The fraction of sp³-hybridized carbons (Fsp3) is 0.400. The fourth-order valence-corrected chi connectivity index (χ4v) is 1.78. The lowest BCUT2D eigenvalue weighted by Crippen LogP contribution is -2.49. The Hall–Kier alpha value is -1.77. The molecule has 7 heteroatoms. The van der Waals surface area contributed by atoms with Gasteiger partial charge in [-0.3, -0.25) is 0 Å². The molecule has 0 saturated carbocycles. The largest absolute Gasteiger partial charge is 0.508 e. The van der Waals surface area contributed by atoms with Crippen molar-refractivity contribution in [3.05, 3.63) is 35.9 Å². The SMILES string of the molecule is O=C[C@H](O)[C@@H](O)[C@H](O)[C@H](O)C(O)C/C=C/c1ccc(O)cc1. The topological polar surface area (TPSA) is 138 Å². The molecular weight excluding hydrogens is 292 g/mol. The van der Waals surface area contributed by atoms with Gasteiger partial charge in [0.05, 0.1) is 6.10 Å². The molecule has 122 valence electrons. The summed E-state index contributed by atoms with van der Waals surface area (Å²) >= 11 is 0. The van der Waals surface area contributed by atoms with Gasteiger partial charge in [-0.1, -0.05) is 24.3 Å². The van der Waals surface area contributed by atoms with Crippen LogP contribution in [0.1, 0.15) is 12.0 Å². The first-order valence-corrected chi connectivity index (χ1v) is 6.68. The number of aromatic hydroxyl groups is 1. The van der Waals surface area contributed by atoms with Crippen molar-refractivity contribution >= 4 is 12.4 Å². The number of hydrogen-bond acceptors (Lipinski definition) is 7. The number of aliphatic hydroxyl groups is 5. The van der Waals surface area contributed by atoms with Crippen LogP contribution in [0.5, 0.6) is 5.75 Å². The molecule has 7 nitrogen and oxygen atoms in total. The first-order valence-electron chi connectivity index (χ1n) is 6.68. The quantitative estimate of drug-likeness (QED) is 0.331. The lowest BCUT2D eigenvalue weighted by Gasteiger charge is -2.26. The van der Waals surface area contributed by atoms with Crippen LogP contribution < -0.4 is 0 Å². The highest BCUT2D eigenvalue weighted by Gasteiger charge is 2.33. The third kappa shape index (κ3) is 5.21. The van der Waals surface area contributed by atoms with E-state index in [2.05, 4.69) is 0 Å². The minimum absolute atomic E-state index is 0.0248. The fourth-order valence-electron chi connectivity index (χ4n) is 1.78. The molecule has 0 aliphatic heterocycles. The van der Waals surface area contributed by atoms with Gasteiger partial charge in [0.15, 0.2) is 6.29 Å². The molecule has 0 bridgehead atoms. The normalized spacial score (nSPS) is 18.6. The van der Waals surface area contributed by atoms with Crippen molar-refractivity contribution < 1.29 is 35.4 Å². The molecular formula is C15H20O7. The molecule has 0 heterocycles. The molecule has 0 spiro atoms. The number of aliphatic hydroxyl groups excluding tert-OH is 5. The predicted octanol–water partition coefficient (Wildman–Crippen LogP) is -1.20. The molecule has 5 atom stereocenters. The third-order valence-corrected chi connectivity index (χ3v) is 3.16. The van der Waals surface area contributed by atoms with Gasteiger partial charge < -0.3 is 35.4 Å². The highest BCUT2D eigenvalue weighted by atomic mass is 16.4. The predicted molar refractivity (Wildman–Crippen MR) is 77.9 cm³/mol. The first kappa shape index (κ1) is 18.3. The molecule has 6 N–H and O–H groups in total. The van der Waals surface area contributed by atoms with Gasteiger partial charge in [-0.2, -0.15) is 0 Å². The second-order valence-corrected chi connectivity index (χ2v) is 4.90. The van der Waals surface area contributed by atoms with E-state index in [1.807, 2.05) is 0 Å². The van der Waals surface area contributed by atoms with E-state index >= 15 is 0 Å². The summed E-state index contributed by atoms with van der Waals surface area (Å²) in [6.07, 6.45) is -5.54. The molecule has 1 rings (SSSR count). The van der Waals surface area contributed by atoms with Gasteiger partial charge in [-0.05, 0) is 24.1 Å². The van der Waals surface area contributed by atoms with Crippen molar-refractivity contribution in [1.82, 2.24) is 0 Å². The van der Waals surface area contributed by atoms with Gasteiger partial charge in [0.25, 0.3) is 0 Å². The van der Waals surface area contributed by atoms with Crippen LogP contribution in [0.15, 0.2) is 30.3 Å². The second kappa shape index (κ2) is 8.62. The zero-order valence-corrected chi connectivity index (χ0v) is 11.7. The Morgan fingerprint density at radius 1 is 0.909 bits per heavy atom. The van der Waals surface area contributed by atoms with Crippen LogP contribution in [0.4, 0.5) is 0 Å². The Balaban J connectivity index is 2.54. The third-order valence-electron chi connectivity index (χ3n) is 3.16. The lowest BCUT2D eigenvalue weighted by molar-refractivity contribution is -0.144. The Kier molecular flexibility index (Phi) is 7.16. The minimum Gasteiger partial charge on any atom is -0.508 e. The van der Waals surface area contributed by atoms with E-state index < -0.39 is 30.5 Å². The lowest BCUT2D eigenvalue weighted by atomic mass is 9.98. The summed E-state index contributed by atoms with van der Waals surface area (Å²) in [4.78, 5) is 10.3. The molecule has 0 amide bonds. The van der Waals surface area contributed by atoms with E-state index in [0.717, 1.165) is 5.56 Å². The molecule has 0 radical (unpaired) electrons. The van der Waals surface area contributed by atoms with E-state index in [0.29, 0.717) is 0 Å².